The fourth-order valence-electron chi connectivity index (χ4n) is 1.48. The van der Waals surface area contributed by atoms with Crippen LogP contribution in [-0.4, -0.2) is 20.7 Å². The predicted molar refractivity (Wildman–Crippen MR) is 63.0 cm³/mol. The molecular formula is C11H12FN5O. The normalized spacial score (nSPS) is 10.3. The summed E-state index contributed by atoms with van der Waals surface area (Å²) in [5.41, 5.74) is 6.00. The Morgan fingerprint density at radius 1 is 1.61 bits per heavy atom. The van der Waals surface area contributed by atoms with E-state index in [-0.39, 0.29) is 17.9 Å². The van der Waals surface area contributed by atoms with Gasteiger partial charge in [0.15, 0.2) is 11.6 Å². The Hall–Kier alpha value is -2.44. The molecule has 0 aliphatic heterocycles. The minimum Gasteiger partial charge on any atom is -0.381 e. The third-order valence-corrected chi connectivity index (χ3v) is 2.37. The van der Waals surface area contributed by atoms with Crippen LogP contribution < -0.4 is 11.1 Å². The highest BCUT2D eigenvalue weighted by molar-refractivity contribution is 5.95. The topological polar surface area (TPSA) is 85.8 Å². The van der Waals surface area contributed by atoms with Crippen molar-refractivity contribution in [3.8, 4) is 0 Å². The Morgan fingerprint density at radius 2 is 2.39 bits per heavy atom. The second-order valence-corrected chi connectivity index (χ2v) is 3.76. The summed E-state index contributed by atoms with van der Waals surface area (Å²) < 4.78 is 15.1. The van der Waals surface area contributed by atoms with E-state index in [4.69, 9.17) is 5.73 Å². The molecule has 2 rings (SSSR count). The van der Waals surface area contributed by atoms with Crippen molar-refractivity contribution >= 4 is 11.7 Å². The van der Waals surface area contributed by atoms with Gasteiger partial charge in [0.1, 0.15) is 0 Å². The highest BCUT2D eigenvalue weighted by Crippen LogP contribution is 2.11. The fourth-order valence-corrected chi connectivity index (χ4v) is 1.48. The highest BCUT2D eigenvalue weighted by Gasteiger charge is 2.14. The lowest BCUT2D eigenvalue weighted by atomic mass is 10.2. The van der Waals surface area contributed by atoms with Crippen LogP contribution in [0, 0.1) is 5.82 Å². The number of anilines is 1. The average molecular weight is 249 g/mol. The van der Waals surface area contributed by atoms with Gasteiger partial charge in [-0.25, -0.2) is 9.37 Å². The number of nitrogens with two attached hydrogens (primary N) is 1. The van der Waals surface area contributed by atoms with Crippen molar-refractivity contribution in [3.05, 3.63) is 41.6 Å². The van der Waals surface area contributed by atoms with Crippen molar-refractivity contribution in [2.75, 3.05) is 5.73 Å². The average Bonchev–Trinajstić information content (AvgIpc) is 2.76. The number of aromatic nitrogens is 3. The zero-order valence-electron chi connectivity index (χ0n) is 9.72. The van der Waals surface area contributed by atoms with Crippen LogP contribution in [0.1, 0.15) is 15.9 Å². The van der Waals surface area contributed by atoms with E-state index in [1.165, 1.54) is 12.3 Å². The highest BCUT2D eigenvalue weighted by atomic mass is 19.1. The van der Waals surface area contributed by atoms with E-state index in [0.717, 1.165) is 5.56 Å². The van der Waals surface area contributed by atoms with Gasteiger partial charge in [0, 0.05) is 31.5 Å². The number of amides is 1. The van der Waals surface area contributed by atoms with Gasteiger partial charge in [0.25, 0.3) is 5.91 Å². The lowest BCUT2D eigenvalue weighted by molar-refractivity contribution is 0.0947. The second kappa shape index (κ2) is 4.82. The maximum atomic E-state index is 13.5. The molecule has 2 aromatic heterocycles. The molecule has 0 saturated heterocycles. The van der Waals surface area contributed by atoms with Crippen LogP contribution in [0.25, 0.3) is 0 Å². The number of nitrogens with one attached hydrogen (secondary N) is 1. The molecular weight excluding hydrogens is 237 g/mol. The Balaban J connectivity index is 2.06. The van der Waals surface area contributed by atoms with Gasteiger partial charge in [-0.3, -0.25) is 9.48 Å². The van der Waals surface area contributed by atoms with E-state index >= 15 is 0 Å². The fraction of sp³-hybridized carbons (Fsp3) is 0.182. The standard InChI is InChI=1S/C11H12FN5O/c1-17-6-7(5-16-17)4-15-11(18)8-2-3-14-10(13)9(8)12/h2-3,5-6H,4H2,1H3,(H2,13,14)(H,15,18). The predicted octanol–water partition coefficient (Wildman–Crippen LogP) is 0.466. The zero-order chi connectivity index (χ0) is 13.1. The van der Waals surface area contributed by atoms with E-state index in [9.17, 15) is 9.18 Å². The molecule has 0 bridgehead atoms. The minimum absolute atomic E-state index is 0.119. The van der Waals surface area contributed by atoms with Gasteiger partial charge in [-0.15, -0.1) is 0 Å². The van der Waals surface area contributed by atoms with Gasteiger partial charge in [0.2, 0.25) is 0 Å². The Bertz CT molecular complexity index is 581. The van der Waals surface area contributed by atoms with Gasteiger partial charge in [-0.2, -0.15) is 5.10 Å². The molecule has 6 nitrogen and oxygen atoms in total. The van der Waals surface area contributed by atoms with Crippen LogP contribution in [0.15, 0.2) is 24.7 Å². The van der Waals surface area contributed by atoms with Crippen LogP contribution in [0.2, 0.25) is 0 Å². The summed E-state index contributed by atoms with van der Waals surface area (Å²) in [6, 6.07) is 1.28. The number of hydrogen-bond acceptors (Lipinski definition) is 4. The Morgan fingerprint density at radius 3 is 3.06 bits per heavy atom. The molecule has 3 N–H and O–H groups in total. The molecule has 18 heavy (non-hydrogen) atoms. The van der Waals surface area contributed by atoms with Crippen LogP contribution in [0.3, 0.4) is 0 Å². The summed E-state index contributed by atoms with van der Waals surface area (Å²) in [4.78, 5) is 15.3. The van der Waals surface area contributed by atoms with E-state index in [2.05, 4.69) is 15.4 Å². The SMILES string of the molecule is Cn1cc(CNC(=O)c2ccnc(N)c2F)cn1. The minimum atomic E-state index is -0.804. The third kappa shape index (κ3) is 2.45. The zero-order valence-corrected chi connectivity index (χ0v) is 9.72. The molecule has 0 unspecified atom stereocenters. The maximum absolute atomic E-state index is 13.5. The first-order valence-corrected chi connectivity index (χ1v) is 5.23. The Kier molecular flexibility index (Phi) is 3.22. The first-order chi connectivity index (χ1) is 8.58. The molecule has 0 aliphatic rings. The summed E-state index contributed by atoms with van der Waals surface area (Å²) in [5, 5.41) is 6.54. The molecule has 0 aromatic carbocycles. The van der Waals surface area contributed by atoms with Crippen molar-refractivity contribution in [1.82, 2.24) is 20.1 Å². The van der Waals surface area contributed by atoms with Crippen LogP contribution in [0.5, 0.6) is 0 Å². The molecule has 1 amide bonds. The lowest BCUT2D eigenvalue weighted by Crippen LogP contribution is -2.24. The number of nitrogen functional groups attached to an aromatic ring is 1. The lowest BCUT2D eigenvalue weighted by Gasteiger charge is -2.05. The number of hydrogen-bond donors (Lipinski definition) is 2. The van der Waals surface area contributed by atoms with Crippen LogP contribution in [-0.2, 0) is 13.6 Å². The monoisotopic (exact) mass is 249 g/mol. The molecule has 0 fully saturated rings. The molecule has 0 radical (unpaired) electrons. The molecule has 2 aromatic rings. The molecule has 2 heterocycles. The molecule has 94 valence electrons. The van der Waals surface area contributed by atoms with Crippen molar-refractivity contribution in [3.63, 3.8) is 0 Å². The molecule has 0 aliphatic carbocycles. The first-order valence-electron chi connectivity index (χ1n) is 5.23. The number of halogens is 1. The van der Waals surface area contributed by atoms with Crippen LogP contribution >= 0.6 is 0 Å². The summed E-state index contributed by atoms with van der Waals surface area (Å²) in [6.07, 6.45) is 4.67. The molecule has 0 spiro atoms. The maximum Gasteiger partial charge on any atom is 0.254 e. The van der Waals surface area contributed by atoms with Gasteiger partial charge in [0.05, 0.1) is 11.8 Å². The van der Waals surface area contributed by atoms with Crippen LogP contribution in [0.4, 0.5) is 10.2 Å². The van der Waals surface area contributed by atoms with E-state index in [1.807, 2.05) is 0 Å². The number of pyridine rings is 1. The van der Waals surface area contributed by atoms with Gasteiger partial charge >= 0.3 is 0 Å². The quantitative estimate of drug-likeness (QED) is 0.827. The number of nitrogens with zero attached hydrogens (tertiary/aromatic N) is 3. The number of carbonyl (C=O) groups is 1. The van der Waals surface area contributed by atoms with Crippen molar-refractivity contribution in [2.45, 2.75) is 6.54 Å². The molecule has 0 atom stereocenters. The molecule has 0 saturated carbocycles. The van der Waals surface area contributed by atoms with E-state index in [0.29, 0.717) is 0 Å². The van der Waals surface area contributed by atoms with Crippen molar-refractivity contribution in [1.29, 1.82) is 0 Å². The summed E-state index contributed by atoms with van der Waals surface area (Å²) in [7, 11) is 1.77. The number of aryl methyl sites for hydroxylation is 1. The first kappa shape index (κ1) is 12.0. The Labute approximate surface area is 103 Å². The summed E-state index contributed by atoms with van der Waals surface area (Å²) >= 11 is 0. The largest absolute Gasteiger partial charge is 0.381 e. The van der Waals surface area contributed by atoms with E-state index in [1.54, 1.807) is 24.1 Å². The third-order valence-electron chi connectivity index (χ3n) is 2.37. The molecule has 7 heteroatoms. The van der Waals surface area contributed by atoms with E-state index < -0.39 is 11.7 Å². The van der Waals surface area contributed by atoms with Crippen molar-refractivity contribution < 1.29 is 9.18 Å². The number of rotatable bonds is 3. The summed E-state index contributed by atoms with van der Waals surface area (Å²) in [5.74, 6) is -1.63. The summed E-state index contributed by atoms with van der Waals surface area (Å²) in [6.45, 7) is 0.272. The van der Waals surface area contributed by atoms with Gasteiger partial charge in [-0.1, -0.05) is 0 Å². The van der Waals surface area contributed by atoms with Gasteiger partial charge < -0.3 is 11.1 Å². The second-order valence-electron chi connectivity index (χ2n) is 3.76. The number of carbonyl (C=O) groups excluding carboxylic acids is 1. The smallest absolute Gasteiger partial charge is 0.254 e. The van der Waals surface area contributed by atoms with Crippen molar-refractivity contribution in [2.24, 2.45) is 7.05 Å². The van der Waals surface area contributed by atoms with Gasteiger partial charge in [-0.05, 0) is 6.07 Å².